The minimum Gasteiger partial charge on any atom is -0.495 e. The zero-order valence-electron chi connectivity index (χ0n) is 9.45. The lowest BCUT2D eigenvalue weighted by Gasteiger charge is -2.12. The number of ether oxygens (including phenoxy) is 1. The summed E-state index contributed by atoms with van der Waals surface area (Å²) in [5, 5.41) is 3.14. The van der Waals surface area contributed by atoms with Gasteiger partial charge in [0.05, 0.1) is 17.3 Å². The fourth-order valence-electron chi connectivity index (χ4n) is 1.37. The van der Waals surface area contributed by atoms with Gasteiger partial charge in [-0.05, 0) is 34.1 Å². The zero-order valence-corrected chi connectivity index (χ0v) is 12.6. The van der Waals surface area contributed by atoms with E-state index in [2.05, 4.69) is 47.1 Å². The van der Waals surface area contributed by atoms with E-state index in [1.165, 1.54) is 0 Å². The first-order valence-electron chi connectivity index (χ1n) is 4.98. The summed E-state index contributed by atoms with van der Waals surface area (Å²) in [6.45, 7) is 0. The Hall–Kier alpha value is -1.34. The van der Waals surface area contributed by atoms with Crippen LogP contribution in [0.4, 0.5) is 17.5 Å². The number of nitrogen functional groups attached to an aromatic ring is 1. The van der Waals surface area contributed by atoms with Gasteiger partial charge in [-0.15, -0.1) is 0 Å². The van der Waals surface area contributed by atoms with E-state index in [1.54, 1.807) is 13.3 Å². The molecule has 0 amide bonds. The molecule has 0 aliphatic rings. The average molecular weight is 374 g/mol. The molecule has 1 aromatic carbocycles. The number of nitrogens with zero attached hydrogens (tertiary/aromatic N) is 2. The van der Waals surface area contributed by atoms with E-state index in [0.717, 1.165) is 14.6 Å². The van der Waals surface area contributed by atoms with Crippen LogP contribution in [0.1, 0.15) is 0 Å². The number of rotatable bonds is 3. The van der Waals surface area contributed by atoms with Crippen LogP contribution >= 0.6 is 31.9 Å². The Bertz CT molecular complexity index is 577. The van der Waals surface area contributed by atoms with Crippen molar-refractivity contribution in [2.45, 2.75) is 0 Å². The Morgan fingerprint density at radius 2 is 2.11 bits per heavy atom. The number of nitrogens with one attached hydrogen (secondary N) is 1. The highest BCUT2D eigenvalue weighted by molar-refractivity contribution is 9.10. The number of halogens is 2. The molecule has 2 aromatic rings. The van der Waals surface area contributed by atoms with E-state index in [1.807, 2.05) is 18.2 Å². The van der Waals surface area contributed by atoms with Crippen LogP contribution in [-0.2, 0) is 0 Å². The maximum absolute atomic E-state index is 5.56. The van der Waals surface area contributed by atoms with Crippen molar-refractivity contribution in [3.8, 4) is 5.75 Å². The van der Waals surface area contributed by atoms with Gasteiger partial charge in [0.1, 0.15) is 11.6 Å². The van der Waals surface area contributed by atoms with Gasteiger partial charge in [-0.3, -0.25) is 0 Å². The van der Waals surface area contributed by atoms with Crippen LogP contribution in [0.3, 0.4) is 0 Å². The highest BCUT2D eigenvalue weighted by Crippen LogP contribution is 2.32. The van der Waals surface area contributed by atoms with Crippen LogP contribution in [0.5, 0.6) is 5.75 Å². The summed E-state index contributed by atoms with van der Waals surface area (Å²) in [5.74, 6) is 1.50. The van der Waals surface area contributed by atoms with Gasteiger partial charge in [0.2, 0.25) is 5.95 Å². The third-order valence-corrected chi connectivity index (χ3v) is 3.25. The van der Waals surface area contributed by atoms with Crippen molar-refractivity contribution in [1.29, 1.82) is 0 Å². The Kier molecular flexibility index (Phi) is 4.03. The van der Waals surface area contributed by atoms with E-state index >= 15 is 0 Å². The van der Waals surface area contributed by atoms with Crippen LogP contribution in [0, 0.1) is 0 Å². The molecule has 0 bridgehead atoms. The van der Waals surface area contributed by atoms with Crippen LogP contribution in [0.15, 0.2) is 33.3 Å². The van der Waals surface area contributed by atoms with Gasteiger partial charge in [-0.1, -0.05) is 15.9 Å². The number of hydrogen-bond donors (Lipinski definition) is 2. The van der Waals surface area contributed by atoms with Gasteiger partial charge in [-0.2, -0.15) is 4.98 Å². The SMILES string of the molecule is COc1ccc(Br)cc1Nc1nc(N)ncc1Br. The third-order valence-electron chi connectivity index (χ3n) is 2.18. The molecule has 1 aromatic heterocycles. The molecule has 0 spiro atoms. The summed E-state index contributed by atoms with van der Waals surface area (Å²) in [6, 6.07) is 5.64. The average Bonchev–Trinajstić information content (AvgIpc) is 2.34. The number of methoxy groups -OCH3 is 1. The predicted octanol–water partition coefficient (Wildman–Crippen LogP) is 3.34. The van der Waals surface area contributed by atoms with Crippen LogP contribution < -0.4 is 15.8 Å². The van der Waals surface area contributed by atoms with Gasteiger partial charge in [-0.25, -0.2) is 4.98 Å². The van der Waals surface area contributed by atoms with Crippen molar-refractivity contribution in [3.63, 3.8) is 0 Å². The quantitative estimate of drug-likeness (QED) is 0.863. The molecule has 94 valence electrons. The lowest BCUT2D eigenvalue weighted by atomic mass is 10.3. The highest BCUT2D eigenvalue weighted by atomic mass is 79.9. The van der Waals surface area contributed by atoms with E-state index < -0.39 is 0 Å². The van der Waals surface area contributed by atoms with Crippen molar-refractivity contribution in [3.05, 3.63) is 33.3 Å². The summed E-state index contributed by atoms with van der Waals surface area (Å²) in [5.41, 5.74) is 6.34. The zero-order chi connectivity index (χ0) is 13.1. The summed E-state index contributed by atoms with van der Waals surface area (Å²) in [4.78, 5) is 7.99. The molecule has 0 atom stereocenters. The van der Waals surface area contributed by atoms with Crippen molar-refractivity contribution in [2.24, 2.45) is 0 Å². The molecule has 0 unspecified atom stereocenters. The van der Waals surface area contributed by atoms with Crippen molar-refractivity contribution in [1.82, 2.24) is 9.97 Å². The van der Waals surface area contributed by atoms with Crippen molar-refractivity contribution in [2.75, 3.05) is 18.2 Å². The van der Waals surface area contributed by atoms with Crippen LogP contribution in [-0.4, -0.2) is 17.1 Å². The summed E-state index contributed by atoms with van der Waals surface area (Å²) in [6.07, 6.45) is 1.59. The topological polar surface area (TPSA) is 73.1 Å². The molecule has 7 heteroatoms. The second-order valence-corrected chi connectivity index (χ2v) is 5.16. The number of anilines is 3. The van der Waals surface area contributed by atoms with E-state index in [-0.39, 0.29) is 5.95 Å². The Morgan fingerprint density at radius 3 is 2.83 bits per heavy atom. The summed E-state index contributed by atoms with van der Waals surface area (Å²) in [7, 11) is 1.61. The van der Waals surface area contributed by atoms with E-state index in [9.17, 15) is 0 Å². The molecule has 0 aliphatic carbocycles. The van der Waals surface area contributed by atoms with Crippen LogP contribution in [0.2, 0.25) is 0 Å². The summed E-state index contributed by atoms with van der Waals surface area (Å²) >= 11 is 6.76. The normalized spacial score (nSPS) is 10.2. The largest absolute Gasteiger partial charge is 0.495 e. The lowest BCUT2D eigenvalue weighted by Crippen LogP contribution is -2.01. The molecular formula is C11H10Br2N4O. The maximum Gasteiger partial charge on any atom is 0.222 e. The number of nitrogens with two attached hydrogens (primary N) is 1. The van der Waals surface area contributed by atoms with Gasteiger partial charge in [0, 0.05) is 10.7 Å². The first-order valence-corrected chi connectivity index (χ1v) is 6.57. The molecule has 0 fully saturated rings. The first-order chi connectivity index (χ1) is 8.60. The van der Waals surface area contributed by atoms with E-state index in [0.29, 0.717) is 11.6 Å². The second-order valence-electron chi connectivity index (χ2n) is 3.39. The summed E-state index contributed by atoms with van der Waals surface area (Å²) < 4.78 is 6.92. The monoisotopic (exact) mass is 372 g/mol. The van der Waals surface area contributed by atoms with Gasteiger partial charge >= 0.3 is 0 Å². The Balaban J connectivity index is 2.38. The third kappa shape index (κ3) is 2.91. The molecule has 18 heavy (non-hydrogen) atoms. The standard InChI is InChI=1S/C11H10Br2N4O/c1-18-9-3-2-6(12)4-8(9)16-10-7(13)5-15-11(14)17-10/h2-5H,1H3,(H3,14,15,16,17). The smallest absolute Gasteiger partial charge is 0.222 e. The van der Waals surface area contributed by atoms with Gasteiger partial charge in [0.25, 0.3) is 0 Å². The molecule has 0 saturated carbocycles. The minimum atomic E-state index is 0.203. The molecule has 0 saturated heterocycles. The molecule has 1 heterocycles. The van der Waals surface area contributed by atoms with E-state index in [4.69, 9.17) is 10.5 Å². The number of aromatic nitrogens is 2. The minimum absolute atomic E-state index is 0.203. The second kappa shape index (κ2) is 5.53. The Labute approximate surface area is 121 Å². The van der Waals surface area contributed by atoms with Crippen molar-refractivity contribution >= 4 is 49.3 Å². The predicted molar refractivity (Wildman–Crippen MR) is 78.1 cm³/mol. The van der Waals surface area contributed by atoms with Crippen LogP contribution in [0.25, 0.3) is 0 Å². The van der Waals surface area contributed by atoms with Gasteiger partial charge in [0.15, 0.2) is 0 Å². The fourth-order valence-corrected chi connectivity index (χ4v) is 2.03. The number of benzene rings is 1. The lowest BCUT2D eigenvalue weighted by molar-refractivity contribution is 0.416. The van der Waals surface area contributed by atoms with Gasteiger partial charge < -0.3 is 15.8 Å². The molecular weight excluding hydrogens is 364 g/mol. The Morgan fingerprint density at radius 1 is 1.33 bits per heavy atom. The maximum atomic E-state index is 5.56. The first kappa shape index (κ1) is 13.1. The molecule has 3 N–H and O–H groups in total. The molecule has 2 rings (SSSR count). The number of hydrogen-bond acceptors (Lipinski definition) is 5. The van der Waals surface area contributed by atoms with Crippen molar-refractivity contribution < 1.29 is 4.74 Å². The molecule has 0 radical (unpaired) electrons. The molecule has 0 aliphatic heterocycles. The molecule has 5 nitrogen and oxygen atoms in total. The fraction of sp³-hybridized carbons (Fsp3) is 0.0909. The highest BCUT2D eigenvalue weighted by Gasteiger charge is 2.08.